The van der Waals surface area contributed by atoms with E-state index in [1.807, 2.05) is 6.07 Å². The molecule has 0 aliphatic carbocycles. The van der Waals surface area contributed by atoms with Gasteiger partial charge in [-0.15, -0.1) is 11.3 Å². The highest BCUT2D eigenvalue weighted by molar-refractivity contribution is 7.12. The normalized spacial score (nSPS) is 10.0. The number of aromatic nitrogens is 1. The predicted octanol–water partition coefficient (Wildman–Crippen LogP) is 4.17. The zero-order valence-corrected chi connectivity index (χ0v) is 14.8. The quantitative estimate of drug-likeness (QED) is 0.707. The standard InChI is InChI=1S/C18H11ClN4O2S/c19-13-5-6-15(21-10-13)23-18(25)16-14(7-8-26-16)22-17(24)12-3-1-11(9-20)2-4-12/h1-8,10H,(H,22,24)(H,21,23,25). The first kappa shape index (κ1) is 17.6. The minimum atomic E-state index is -0.384. The van der Waals surface area contributed by atoms with Gasteiger partial charge in [0.25, 0.3) is 11.8 Å². The maximum Gasteiger partial charge on any atom is 0.269 e. The Kier molecular flexibility index (Phi) is 5.27. The summed E-state index contributed by atoms with van der Waals surface area (Å²) in [7, 11) is 0. The second kappa shape index (κ2) is 7.78. The van der Waals surface area contributed by atoms with E-state index in [1.165, 1.54) is 17.5 Å². The summed E-state index contributed by atoms with van der Waals surface area (Å²) < 4.78 is 0. The molecule has 8 heteroatoms. The summed E-state index contributed by atoms with van der Waals surface area (Å²) in [4.78, 5) is 29.1. The van der Waals surface area contributed by atoms with Crippen molar-refractivity contribution >= 4 is 46.3 Å². The summed E-state index contributed by atoms with van der Waals surface area (Å²) in [5.74, 6) is -0.395. The number of pyridine rings is 1. The monoisotopic (exact) mass is 382 g/mol. The third kappa shape index (κ3) is 4.06. The van der Waals surface area contributed by atoms with Gasteiger partial charge in [-0.2, -0.15) is 5.26 Å². The number of benzene rings is 1. The van der Waals surface area contributed by atoms with E-state index >= 15 is 0 Å². The number of nitriles is 1. The van der Waals surface area contributed by atoms with Crippen molar-refractivity contribution in [3.8, 4) is 6.07 Å². The second-order valence-corrected chi connectivity index (χ2v) is 6.48. The molecule has 0 spiro atoms. The van der Waals surface area contributed by atoms with E-state index in [0.717, 1.165) is 0 Å². The molecule has 2 aromatic heterocycles. The molecule has 0 unspecified atom stereocenters. The van der Waals surface area contributed by atoms with Crippen molar-refractivity contribution in [2.24, 2.45) is 0 Å². The average molecular weight is 383 g/mol. The largest absolute Gasteiger partial charge is 0.320 e. The van der Waals surface area contributed by atoms with Crippen LogP contribution in [0.15, 0.2) is 54.0 Å². The van der Waals surface area contributed by atoms with E-state index < -0.39 is 0 Å². The van der Waals surface area contributed by atoms with Gasteiger partial charge in [0, 0.05) is 11.8 Å². The maximum absolute atomic E-state index is 12.4. The van der Waals surface area contributed by atoms with Gasteiger partial charge < -0.3 is 10.6 Å². The molecule has 1 aromatic carbocycles. The van der Waals surface area contributed by atoms with Gasteiger partial charge in [-0.25, -0.2) is 4.98 Å². The molecular formula is C18H11ClN4O2S. The lowest BCUT2D eigenvalue weighted by molar-refractivity contribution is 0.102. The number of rotatable bonds is 4. The number of carbonyl (C=O) groups excluding carboxylic acids is 2. The van der Waals surface area contributed by atoms with Crippen molar-refractivity contribution in [2.75, 3.05) is 10.6 Å². The first-order valence-corrected chi connectivity index (χ1v) is 8.64. The molecule has 0 saturated carbocycles. The van der Waals surface area contributed by atoms with E-state index in [1.54, 1.807) is 47.8 Å². The van der Waals surface area contributed by atoms with E-state index in [4.69, 9.17) is 16.9 Å². The van der Waals surface area contributed by atoms with Crippen LogP contribution in [-0.2, 0) is 0 Å². The Labute approximate surface area is 158 Å². The van der Waals surface area contributed by atoms with Crippen LogP contribution in [0.2, 0.25) is 5.02 Å². The van der Waals surface area contributed by atoms with Gasteiger partial charge >= 0.3 is 0 Å². The molecule has 6 nitrogen and oxygen atoms in total. The molecule has 2 N–H and O–H groups in total. The van der Waals surface area contributed by atoms with Gasteiger partial charge in [-0.3, -0.25) is 9.59 Å². The van der Waals surface area contributed by atoms with Crippen LogP contribution in [-0.4, -0.2) is 16.8 Å². The number of nitrogens with zero attached hydrogens (tertiary/aromatic N) is 2. The fraction of sp³-hybridized carbons (Fsp3) is 0. The fourth-order valence-electron chi connectivity index (χ4n) is 2.10. The lowest BCUT2D eigenvalue weighted by Crippen LogP contribution is -2.17. The number of thiophene rings is 1. The number of anilines is 2. The summed E-state index contributed by atoms with van der Waals surface area (Å²) in [6, 6.07) is 13.1. The molecule has 0 atom stereocenters. The molecule has 0 bridgehead atoms. The molecule has 0 fully saturated rings. The van der Waals surface area contributed by atoms with Gasteiger partial charge in [0.1, 0.15) is 10.7 Å². The van der Waals surface area contributed by atoms with Crippen molar-refractivity contribution in [1.29, 1.82) is 5.26 Å². The van der Waals surface area contributed by atoms with E-state index in [9.17, 15) is 9.59 Å². The minimum absolute atomic E-state index is 0.351. The Morgan fingerprint density at radius 2 is 1.81 bits per heavy atom. The highest BCUT2D eigenvalue weighted by Gasteiger charge is 2.16. The van der Waals surface area contributed by atoms with E-state index in [0.29, 0.717) is 32.5 Å². The summed E-state index contributed by atoms with van der Waals surface area (Å²) >= 11 is 6.97. The van der Waals surface area contributed by atoms with Gasteiger partial charge in [0.2, 0.25) is 0 Å². The fourth-order valence-corrected chi connectivity index (χ4v) is 2.95. The zero-order valence-electron chi connectivity index (χ0n) is 13.2. The van der Waals surface area contributed by atoms with Crippen LogP contribution in [0.5, 0.6) is 0 Å². The molecule has 2 heterocycles. The Morgan fingerprint density at radius 3 is 2.46 bits per heavy atom. The van der Waals surface area contributed by atoms with Crippen molar-refractivity contribution in [1.82, 2.24) is 4.98 Å². The Balaban J connectivity index is 1.73. The summed E-state index contributed by atoms with van der Waals surface area (Å²) in [5.41, 5.74) is 1.25. The smallest absolute Gasteiger partial charge is 0.269 e. The predicted molar refractivity (Wildman–Crippen MR) is 101 cm³/mol. The van der Waals surface area contributed by atoms with Gasteiger partial charge in [0.15, 0.2) is 0 Å². The maximum atomic E-state index is 12.4. The van der Waals surface area contributed by atoms with Crippen LogP contribution < -0.4 is 10.6 Å². The molecule has 0 aliphatic heterocycles. The van der Waals surface area contributed by atoms with Crippen molar-refractivity contribution in [3.63, 3.8) is 0 Å². The summed E-state index contributed by atoms with van der Waals surface area (Å²) in [5, 5.41) is 16.3. The summed E-state index contributed by atoms with van der Waals surface area (Å²) in [6.45, 7) is 0. The van der Waals surface area contributed by atoms with Crippen molar-refractivity contribution in [3.05, 3.63) is 75.1 Å². The highest BCUT2D eigenvalue weighted by Crippen LogP contribution is 2.24. The number of nitrogens with one attached hydrogen (secondary N) is 2. The third-order valence-electron chi connectivity index (χ3n) is 3.36. The molecule has 0 radical (unpaired) electrons. The Morgan fingerprint density at radius 1 is 1.04 bits per heavy atom. The van der Waals surface area contributed by atoms with E-state index in [-0.39, 0.29) is 11.8 Å². The van der Waals surface area contributed by atoms with Gasteiger partial charge in [-0.1, -0.05) is 11.6 Å². The molecule has 3 rings (SSSR count). The topological polar surface area (TPSA) is 94.9 Å². The highest BCUT2D eigenvalue weighted by atomic mass is 35.5. The van der Waals surface area contributed by atoms with Gasteiger partial charge in [0.05, 0.1) is 22.3 Å². The lowest BCUT2D eigenvalue weighted by Gasteiger charge is -2.07. The van der Waals surface area contributed by atoms with Gasteiger partial charge in [-0.05, 0) is 47.8 Å². The number of halogens is 1. The first-order chi connectivity index (χ1) is 12.6. The molecule has 0 saturated heterocycles. The van der Waals surface area contributed by atoms with E-state index in [2.05, 4.69) is 15.6 Å². The SMILES string of the molecule is N#Cc1ccc(C(=O)Nc2ccsc2C(=O)Nc2ccc(Cl)cn2)cc1. The van der Waals surface area contributed by atoms with Crippen LogP contribution in [0.1, 0.15) is 25.6 Å². The van der Waals surface area contributed by atoms with Crippen LogP contribution in [0.25, 0.3) is 0 Å². The zero-order chi connectivity index (χ0) is 18.5. The van der Waals surface area contributed by atoms with Crippen molar-refractivity contribution in [2.45, 2.75) is 0 Å². The number of amides is 2. The lowest BCUT2D eigenvalue weighted by atomic mass is 10.1. The minimum Gasteiger partial charge on any atom is -0.320 e. The van der Waals surface area contributed by atoms with Crippen LogP contribution in [0.3, 0.4) is 0 Å². The molecule has 3 aromatic rings. The first-order valence-electron chi connectivity index (χ1n) is 7.39. The molecule has 128 valence electrons. The molecule has 26 heavy (non-hydrogen) atoms. The molecule has 0 aliphatic rings. The average Bonchev–Trinajstić information content (AvgIpc) is 3.12. The Hall–Kier alpha value is -3.21. The number of carbonyl (C=O) groups is 2. The second-order valence-electron chi connectivity index (χ2n) is 5.12. The van der Waals surface area contributed by atoms with Crippen LogP contribution in [0, 0.1) is 11.3 Å². The van der Waals surface area contributed by atoms with Crippen LogP contribution in [0.4, 0.5) is 11.5 Å². The van der Waals surface area contributed by atoms with Crippen LogP contribution >= 0.6 is 22.9 Å². The molecule has 2 amide bonds. The Bertz CT molecular complexity index is 991. The third-order valence-corrected chi connectivity index (χ3v) is 4.50. The summed E-state index contributed by atoms with van der Waals surface area (Å²) in [6.07, 6.45) is 1.43. The number of hydrogen-bond donors (Lipinski definition) is 2. The molecular weight excluding hydrogens is 372 g/mol. The van der Waals surface area contributed by atoms with Crippen molar-refractivity contribution < 1.29 is 9.59 Å². The number of hydrogen-bond acceptors (Lipinski definition) is 5.